The van der Waals surface area contributed by atoms with E-state index in [1.54, 1.807) is 0 Å². The van der Waals surface area contributed by atoms with Gasteiger partial charge in [-0.05, 0) is 38.8 Å². The minimum absolute atomic E-state index is 0.277. The Morgan fingerprint density at radius 2 is 1.65 bits per heavy atom. The molecule has 0 aromatic heterocycles. The van der Waals surface area contributed by atoms with Crippen LogP contribution < -0.4 is 4.98 Å². The lowest BCUT2D eigenvalue weighted by atomic mass is 10.0. The van der Waals surface area contributed by atoms with E-state index in [9.17, 15) is 4.79 Å². The SMILES string of the molecule is C[Si](C)(C)NC(=O)ON1CCC(N2CCCCC2)CC1. The number of hydroxylamine groups is 2. The zero-order chi connectivity index (χ0) is 14.6. The van der Waals surface area contributed by atoms with Gasteiger partial charge >= 0.3 is 6.09 Å². The van der Waals surface area contributed by atoms with Crippen molar-refractivity contribution in [2.45, 2.75) is 57.8 Å². The van der Waals surface area contributed by atoms with E-state index < -0.39 is 8.24 Å². The fourth-order valence-corrected chi connectivity index (χ4v) is 3.69. The van der Waals surface area contributed by atoms with E-state index >= 15 is 0 Å². The van der Waals surface area contributed by atoms with Crippen LogP contribution in [0.5, 0.6) is 0 Å². The number of hydrogen-bond acceptors (Lipinski definition) is 4. The van der Waals surface area contributed by atoms with Gasteiger partial charge in [0, 0.05) is 19.1 Å². The highest BCUT2D eigenvalue weighted by atomic mass is 28.3. The first-order valence-corrected chi connectivity index (χ1v) is 11.4. The molecule has 20 heavy (non-hydrogen) atoms. The van der Waals surface area contributed by atoms with Crippen LogP contribution in [0.4, 0.5) is 4.79 Å². The predicted molar refractivity (Wildman–Crippen MR) is 83.0 cm³/mol. The lowest BCUT2D eigenvalue weighted by Gasteiger charge is -2.39. The summed E-state index contributed by atoms with van der Waals surface area (Å²) in [5.74, 6) is 0. The lowest BCUT2D eigenvalue weighted by Crippen LogP contribution is -2.50. The maximum Gasteiger partial charge on any atom is 0.418 e. The second-order valence-corrected chi connectivity index (χ2v) is 11.8. The predicted octanol–water partition coefficient (Wildman–Crippen LogP) is 2.41. The summed E-state index contributed by atoms with van der Waals surface area (Å²) in [7, 11) is -1.60. The molecule has 0 unspecified atom stereocenters. The average Bonchev–Trinajstić information content (AvgIpc) is 2.38. The summed E-state index contributed by atoms with van der Waals surface area (Å²) >= 11 is 0. The van der Waals surface area contributed by atoms with Crippen LogP contribution in [0.3, 0.4) is 0 Å². The standard InChI is InChI=1S/C14H29N3O2Si/c1-20(2,3)15-14(18)19-17-11-7-13(8-12-17)16-9-5-4-6-10-16/h13H,4-12H2,1-3H3,(H,15,18). The molecule has 1 amide bonds. The summed E-state index contributed by atoms with van der Waals surface area (Å²) in [6, 6.07) is 0.690. The van der Waals surface area contributed by atoms with E-state index in [1.165, 1.54) is 32.4 Å². The molecular formula is C14H29N3O2Si. The third kappa shape index (κ3) is 5.07. The molecule has 2 heterocycles. The molecule has 0 saturated carbocycles. The molecule has 0 bridgehead atoms. The maximum absolute atomic E-state index is 11.8. The number of likely N-dealkylation sites (tertiary alicyclic amines) is 1. The first-order valence-electron chi connectivity index (χ1n) is 7.93. The topological polar surface area (TPSA) is 44.8 Å². The Morgan fingerprint density at radius 1 is 1.05 bits per heavy atom. The summed E-state index contributed by atoms with van der Waals surface area (Å²) in [5.41, 5.74) is 0. The Labute approximate surface area is 123 Å². The zero-order valence-electron chi connectivity index (χ0n) is 13.2. The summed E-state index contributed by atoms with van der Waals surface area (Å²) in [4.78, 5) is 22.8. The fraction of sp³-hybridized carbons (Fsp3) is 0.929. The van der Waals surface area contributed by atoms with Crippen molar-refractivity contribution in [2.24, 2.45) is 0 Å². The molecule has 0 aliphatic carbocycles. The van der Waals surface area contributed by atoms with E-state index in [0.717, 1.165) is 25.9 Å². The second-order valence-electron chi connectivity index (χ2n) is 7.01. The summed E-state index contributed by atoms with van der Waals surface area (Å²) < 4.78 is 0. The molecule has 0 spiro atoms. The fourth-order valence-electron chi connectivity index (χ4n) is 3.03. The Morgan fingerprint density at radius 3 is 2.20 bits per heavy atom. The van der Waals surface area contributed by atoms with Crippen LogP contribution >= 0.6 is 0 Å². The molecule has 1 N–H and O–H groups in total. The van der Waals surface area contributed by atoms with E-state index in [2.05, 4.69) is 29.5 Å². The van der Waals surface area contributed by atoms with Crippen LogP contribution in [0.2, 0.25) is 19.6 Å². The maximum atomic E-state index is 11.8. The molecule has 0 radical (unpaired) electrons. The van der Waals surface area contributed by atoms with Gasteiger partial charge in [-0.25, -0.2) is 4.79 Å². The third-order valence-corrected chi connectivity index (χ3v) is 4.97. The summed E-state index contributed by atoms with van der Waals surface area (Å²) in [5, 5.41) is 1.83. The van der Waals surface area contributed by atoms with E-state index in [4.69, 9.17) is 4.84 Å². The molecule has 116 valence electrons. The summed E-state index contributed by atoms with van der Waals surface area (Å²) in [6.45, 7) is 10.5. The Bertz CT molecular complexity index is 319. The van der Waals surface area contributed by atoms with E-state index in [1.807, 2.05) is 5.06 Å². The third-order valence-electron chi connectivity index (χ3n) is 4.02. The van der Waals surface area contributed by atoms with Gasteiger partial charge in [0.15, 0.2) is 8.24 Å². The van der Waals surface area contributed by atoms with Crippen molar-refractivity contribution in [1.82, 2.24) is 14.9 Å². The molecule has 0 aromatic rings. The molecule has 0 atom stereocenters. The molecule has 0 aromatic carbocycles. The Balaban J connectivity index is 1.70. The highest BCUT2D eigenvalue weighted by Gasteiger charge is 2.28. The lowest BCUT2D eigenvalue weighted by molar-refractivity contribution is -0.120. The van der Waals surface area contributed by atoms with Crippen molar-refractivity contribution in [1.29, 1.82) is 0 Å². The number of rotatable bonds is 3. The number of carbonyl (C=O) groups is 1. The van der Waals surface area contributed by atoms with Gasteiger partial charge in [-0.15, -0.1) is 5.06 Å². The van der Waals surface area contributed by atoms with Gasteiger partial charge in [-0.2, -0.15) is 0 Å². The number of nitrogens with one attached hydrogen (secondary N) is 1. The largest absolute Gasteiger partial charge is 0.418 e. The number of hydrogen-bond donors (Lipinski definition) is 1. The number of piperidine rings is 2. The Hall–Kier alpha value is -0.593. The van der Waals surface area contributed by atoms with Crippen molar-refractivity contribution in [3.8, 4) is 0 Å². The van der Waals surface area contributed by atoms with Gasteiger partial charge in [0.25, 0.3) is 0 Å². The van der Waals surface area contributed by atoms with Crippen molar-refractivity contribution in [3.63, 3.8) is 0 Å². The molecule has 2 fully saturated rings. The molecule has 2 saturated heterocycles. The molecular weight excluding hydrogens is 270 g/mol. The van der Waals surface area contributed by atoms with E-state index in [-0.39, 0.29) is 6.09 Å². The van der Waals surface area contributed by atoms with Gasteiger partial charge < -0.3 is 14.7 Å². The first kappa shape index (κ1) is 15.8. The number of nitrogens with zero attached hydrogens (tertiary/aromatic N) is 2. The van der Waals surface area contributed by atoms with Crippen molar-refractivity contribution < 1.29 is 9.63 Å². The molecule has 5 nitrogen and oxygen atoms in total. The number of amides is 1. The van der Waals surface area contributed by atoms with Crippen LogP contribution in [0.1, 0.15) is 32.1 Å². The van der Waals surface area contributed by atoms with Crippen LogP contribution in [0.25, 0.3) is 0 Å². The van der Waals surface area contributed by atoms with Crippen LogP contribution in [0.15, 0.2) is 0 Å². The normalized spacial score (nSPS) is 23.6. The highest BCUT2D eigenvalue weighted by Crippen LogP contribution is 2.20. The quantitative estimate of drug-likeness (QED) is 0.813. The second kappa shape index (κ2) is 6.91. The van der Waals surface area contributed by atoms with Gasteiger partial charge in [0.05, 0.1) is 0 Å². The van der Waals surface area contributed by atoms with Crippen LogP contribution in [-0.2, 0) is 4.84 Å². The van der Waals surface area contributed by atoms with Crippen LogP contribution in [0, 0.1) is 0 Å². The number of carbonyl (C=O) groups excluding carboxylic acids is 1. The smallest absolute Gasteiger partial charge is 0.352 e. The van der Waals surface area contributed by atoms with Gasteiger partial charge in [0.1, 0.15) is 0 Å². The van der Waals surface area contributed by atoms with Gasteiger partial charge in [-0.3, -0.25) is 0 Å². The van der Waals surface area contributed by atoms with Crippen molar-refractivity contribution in [3.05, 3.63) is 0 Å². The van der Waals surface area contributed by atoms with Crippen molar-refractivity contribution >= 4 is 14.3 Å². The Kier molecular flexibility index (Phi) is 5.46. The monoisotopic (exact) mass is 299 g/mol. The minimum atomic E-state index is -1.60. The minimum Gasteiger partial charge on any atom is -0.352 e. The van der Waals surface area contributed by atoms with Gasteiger partial charge in [0.2, 0.25) is 0 Å². The van der Waals surface area contributed by atoms with Crippen molar-refractivity contribution in [2.75, 3.05) is 26.2 Å². The molecule has 2 rings (SSSR count). The highest BCUT2D eigenvalue weighted by molar-refractivity contribution is 6.75. The zero-order valence-corrected chi connectivity index (χ0v) is 14.2. The van der Waals surface area contributed by atoms with E-state index in [0.29, 0.717) is 6.04 Å². The average molecular weight is 299 g/mol. The summed E-state index contributed by atoms with van der Waals surface area (Å²) in [6.07, 6.45) is 6.01. The van der Waals surface area contributed by atoms with Crippen LogP contribution in [-0.4, -0.2) is 56.5 Å². The molecule has 2 aliphatic rings. The first-order chi connectivity index (χ1) is 9.44. The molecule has 6 heteroatoms. The molecule has 2 aliphatic heterocycles. The van der Waals surface area contributed by atoms with Gasteiger partial charge in [-0.1, -0.05) is 26.1 Å².